The van der Waals surface area contributed by atoms with Crippen LogP contribution in [0.4, 0.5) is 0 Å². The summed E-state index contributed by atoms with van der Waals surface area (Å²) in [5.74, 6) is 2.27. The predicted octanol–water partition coefficient (Wildman–Crippen LogP) is 5.37. The van der Waals surface area contributed by atoms with Crippen LogP contribution >= 0.6 is 11.6 Å². The van der Waals surface area contributed by atoms with E-state index in [-0.39, 0.29) is 0 Å². The molecule has 2 heterocycles. The van der Waals surface area contributed by atoms with Gasteiger partial charge < -0.3 is 14.4 Å². The number of rotatable bonds is 10. The van der Waals surface area contributed by atoms with Crippen molar-refractivity contribution in [2.45, 2.75) is 20.3 Å². The first-order valence-corrected chi connectivity index (χ1v) is 11.6. The lowest BCUT2D eigenvalue weighted by Gasteiger charge is -2.18. The molecule has 4 rings (SSSR count). The number of hydrogen-bond donors (Lipinski definition) is 0. The summed E-state index contributed by atoms with van der Waals surface area (Å²) >= 11 is 6.49. The highest BCUT2D eigenvalue weighted by atomic mass is 35.5. The van der Waals surface area contributed by atoms with Crippen molar-refractivity contribution in [3.63, 3.8) is 0 Å². The van der Waals surface area contributed by atoms with Gasteiger partial charge in [-0.2, -0.15) is 5.10 Å². The van der Waals surface area contributed by atoms with Crippen molar-refractivity contribution in [3.05, 3.63) is 77.1 Å². The smallest absolute Gasteiger partial charge is 0.156 e. The van der Waals surface area contributed by atoms with Crippen LogP contribution in [0.15, 0.2) is 60.7 Å². The van der Waals surface area contributed by atoms with Gasteiger partial charge in [-0.1, -0.05) is 37.6 Å². The van der Waals surface area contributed by atoms with E-state index in [1.165, 1.54) is 0 Å². The maximum atomic E-state index is 6.49. The second-order valence-corrected chi connectivity index (χ2v) is 8.16. The summed E-state index contributed by atoms with van der Waals surface area (Å²) in [5.41, 5.74) is 3.87. The minimum Gasteiger partial charge on any atom is -0.497 e. The molecule has 6 nitrogen and oxygen atoms in total. The maximum absolute atomic E-state index is 6.49. The van der Waals surface area contributed by atoms with Crippen LogP contribution in [-0.2, 0) is 6.42 Å². The van der Waals surface area contributed by atoms with Crippen molar-refractivity contribution < 1.29 is 9.47 Å². The molecule has 0 aliphatic carbocycles. The molecule has 0 atom stereocenters. The average Bonchev–Trinajstić information content (AvgIpc) is 3.25. The number of aromatic nitrogens is 3. The van der Waals surface area contributed by atoms with Crippen molar-refractivity contribution in [2.24, 2.45) is 0 Å². The van der Waals surface area contributed by atoms with Gasteiger partial charge in [0.2, 0.25) is 0 Å². The molecule has 7 heteroatoms. The average molecular weight is 465 g/mol. The van der Waals surface area contributed by atoms with Crippen LogP contribution in [0.1, 0.15) is 25.2 Å². The molecule has 0 radical (unpaired) electrons. The molecular weight excluding hydrogens is 436 g/mol. The highest BCUT2D eigenvalue weighted by Gasteiger charge is 2.11. The Morgan fingerprint density at radius 3 is 2.48 bits per heavy atom. The molecule has 0 saturated heterocycles. The topological polar surface area (TPSA) is 51.9 Å². The molecule has 4 aromatic rings. The second-order valence-electron chi connectivity index (χ2n) is 7.75. The summed E-state index contributed by atoms with van der Waals surface area (Å²) in [6.07, 6.45) is 0.586. The van der Waals surface area contributed by atoms with E-state index >= 15 is 0 Å². The first kappa shape index (κ1) is 23.1. The second kappa shape index (κ2) is 10.7. The molecule has 0 N–H and O–H groups in total. The zero-order valence-corrected chi connectivity index (χ0v) is 20.0. The highest BCUT2D eigenvalue weighted by molar-refractivity contribution is 6.32. The van der Waals surface area contributed by atoms with Crippen LogP contribution in [0.25, 0.3) is 16.9 Å². The van der Waals surface area contributed by atoms with Gasteiger partial charge in [0, 0.05) is 18.5 Å². The fourth-order valence-corrected chi connectivity index (χ4v) is 4.04. The number of likely N-dealkylation sites (N-methyl/N-ethyl adjacent to an activating group) is 1. The van der Waals surface area contributed by atoms with Gasteiger partial charge in [-0.05, 0) is 67.2 Å². The standard InChI is InChI=1S/C26H29ClN4O2/c1-4-30(5-2)15-16-33-24-14-9-19(17-22(24)27)18-25-28-26-8-6-7-23(31(26)29-25)20-10-12-21(32-3)13-11-20/h6-14,17H,4-5,15-16,18H2,1-3H3. The van der Waals surface area contributed by atoms with Gasteiger partial charge in [0.05, 0.1) is 17.8 Å². The Kier molecular flexibility index (Phi) is 7.47. The molecular formula is C26H29ClN4O2. The first-order chi connectivity index (χ1) is 16.1. The number of fused-ring (bicyclic) bond motifs is 1. The summed E-state index contributed by atoms with van der Waals surface area (Å²) in [6, 6.07) is 19.8. The Balaban J connectivity index is 1.49. The van der Waals surface area contributed by atoms with E-state index in [1.54, 1.807) is 7.11 Å². The summed E-state index contributed by atoms with van der Waals surface area (Å²) in [7, 11) is 1.66. The lowest BCUT2D eigenvalue weighted by atomic mass is 10.1. The summed E-state index contributed by atoms with van der Waals surface area (Å²) in [6.45, 7) is 7.82. The van der Waals surface area contributed by atoms with Crippen LogP contribution in [0, 0.1) is 0 Å². The predicted molar refractivity (Wildman–Crippen MR) is 133 cm³/mol. The van der Waals surface area contributed by atoms with Crippen LogP contribution in [0.2, 0.25) is 5.02 Å². The minimum absolute atomic E-state index is 0.586. The molecule has 0 saturated carbocycles. The molecule has 172 valence electrons. The monoisotopic (exact) mass is 464 g/mol. The molecule has 0 unspecified atom stereocenters. The van der Waals surface area contributed by atoms with Crippen LogP contribution in [-0.4, -0.2) is 52.8 Å². The normalized spacial score (nSPS) is 11.3. The zero-order valence-electron chi connectivity index (χ0n) is 19.3. The third-order valence-corrected chi connectivity index (χ3v) is 6.00. The Morgan fingerprint density at radius 1 is 1.00 bits per heavy atom. The molecule has 0 amide bonds. The molecule has 2 aromatic carbocycles. The number of methoxy groups -OCH3 is 1. The summed E-state index contributed by atoms with van der Waals surface area (Å²) < 4.78 is 13.0. The van der Waals surface area contributed by atoms with Gasteiger partial charge in [0.1, 0.15) is 18.1 Å². The van der Waals surface area contributed by atoms with Crippen molar-refractivity contribution in [2.75, 3.05) is 33.4 Å². The fraction of sp³-hybridized carbons (Fsp3) is 0.308. The summed E-state index contributed by atoms with van der Waals surface area (Å²) in [4.78, 5) is 7.03. The number of ether oxygens (including phenoxy) is 2. The van der Waals surface area contributed by atoms with E-state index < -0.39 is 0 Å². The Labute approximate surface area is 199 Å². The largest absolute Gasteiger partial charge is 0.497 e. The van der Waals surface area contributed by atoms with E-state index in [2.05, 4.69) is 18.7 Å². The van der Waals surface area contributed by atoms with Gasteiger partial charge in [-0.25, -0.2) is 9.50 Å². The van der Waals surface area contributed by atoms with Gasteiger partial charge in [-0.15, -0.1) is 0 Å². The number of benzene rings is 2. The summed E-state index contributed by atoms with van der Waals surface area (Å²) in [5, 5.41) is 5.37. The molecule has 2 aromatic heterocycles. The molecule has 0 fully saturated rings. The third-order valence-electron chi connectivity index (χ3n) is 5.71. The maximum Gasteiger partial charge on any atom is 0.156 e. The molecule has 0 spiro atoms. The Hall–Kier alpha value is -3.09. The van der Waals surface area contributed by atoms with E-state index in [0.29, 0.717) is 23.8 Å². The third kappa shape index (κ3) is 5.46. The molecule has 0 aliphatic heterocycles. The minimum atomic E-state index is 0.586. The van der Waals surface area contributed by atoms with Crippen molar-refractivity contribution in [1.29, 1.82) is 0 Å². The molecule has 0 bridgehead atoms. The highest BCUT2D eigenvalue weighted by Crippen LogP contribution is 2.27. The molecule has 0 aliphatic rings. The lowest BCUT2D eigenvalue weighted by molar-refractivity contribution is 0.223. The first-order valence-electron chi connectivity index (χ1n) is 11.2. The van der Waals surface area contributed by atoms with E-state index in [4.69, 9.17) is 31.2 Å². The van der Waals surface area contributed by atoms with Gasteiger partial charge in [-0.3, -0.25) is 0 Å². The number of halogens is 1. The number of hydrogen-bond acceptors (Lipinski definition) is 5. The van der Waals surface area contributed by atoms with Gasteiger partial charge in [0.15, 0.2) is 11.5 Å². The zero-order chi connectivity index (χ0) is 23.2. The van der Waals surface area contributed by atoms with Crippen LogP contribution in [0.3, 0.4) is 0 Å². The van der Waals surface area contributed by atoms with E-state index in [0.717, 1.165) is 53.7 Å². The van der Waals surface area contributed by atoms with Crippen LogP contribution < -0.4 is 9.47 Å². The lowest BCUT2D eigenvalue weighted by Crippen LogP contribution is -2.27. The van der Waals surface area contributed by atoms with Crippen LogP contribution in [0.5, 0.6) is 11.5 Å². The van der Waals surface area contributed by atoms with Crippen molar-refractivity contribution in [1.82, 2.24) is 19.5 Å². The number of nitrogens with zero attached hydrogens (tertiary/aromatic N) is 4. The van der Waals surface area contributed by atoms with Gasteiger partial charge in [0.25, 0.3) is 0 Å². The fourth-order valence-electron chi connectivity index (χ4n) is 3.78. The van der Waals surface area contributed by atoms with Crippen molar-refractivity contribution >= 4 is 17.2 Å². The Morgan fingerprint density at radius 2 is 1.79 bits per heavy atom. The number of pyridine rings is 1. The van der Waals surface area contributed by atoms with E-state index in [1.807, 2.05) is 65.2 Å². The van der Waals surface area contributed by atoms with E-state index in [9.17, 15) is 0 Å². The quantitative estimate of drug-likeness (QED) is 0.316. The SMILES string of the molecule is CCN(CC)CCOc1ccc(Cc2nc3cccc(-c4ccc(OC)cc4)n3n2)cc1Cl. The molecule has 33 heavy (non-hydrogen) atoms. The van der Waals surface area contributed by atoms with Gasteiger partial charge >= 0.3 is 0 Å². The Bertz CT molecular complexity index is 1200. The van der Waals surface area contributed by atoms with Crippen molar-refractivity contribution in [3.8, 4) is 22.8 Å².